The van der Waals surface area contributed by atoms with Crippen LogP contribution in [0.1, 0.15) is 32.6 Å². The number of carboxylic acid groups (broad SMARTS) is 1. The molecule has 0 aliphatic carbocycles. The molecule has 5 heteroatoms. The van der Waals surface area contributed by atoms with Gasteiger partial charge in [0, 0.05) is 26.1 Å². The Balaban J connectivity index is 2.12. The van der Waals surface area contributed by atoms with E-state index in [4.69, 9.17) is 9.47 Å². The van der Waals surface area contributed by atoms with Crippen LogP contribution in [0.25, 0.3) is 0 Å². The van der Waals surface area contributed by atoms with Crippen molar-refractivity contribution >= 4 is 5.97 Å². The molecular weight excluding hydrogens is 234 g/mol. The fourth-order valence-corrected chi connectivity index (χ4v) is 3.05. The molecule has 2 heterocycles. The molecule has 18 heavy (non-hydrogen) atoms. The highest BCUT2D eigenvalue weighted by Crippen LogP contribution is 2.33. The summed E-state index contributed by atoms with van der Waals surface area (Å²) in [5.41, 5.74) is -0.734. The highest BCUT2D eigenvalue weighted by molar-refractivity contribution is 5.79. The minimum absolute atomic E-state index is 0.0858. The third-order valence-electron chi connectivity index (χ3n) is 4.06. The van der Waals surface area contributed by atoms with Gasteiger partial charge in [0.1, 0.15) is 5.54 Å². The van der Waals surface area contributed by atoms with E-state index in [0.29, 0.717) is 45.8 Å². The van der Waals surface area contributed by atoms with E-state index >= 15 is 0 Å². The summed E-state index contributed by atoms with van der Waals surface area (Å²) in [6.45, 7) is 5.35. The lowest BCUT2D eigenvalue weighted by molar-refractivity contribution is -0.168. The molecule has 2 aliphatic heterocycles. The standard InChI is InChI=1S/C13H23NO4/c1-2-3-11-10-13(12(15)16,4-7-18-11)14-5-8-17-9-6-14/h11H,2-10H2,1H3,(H,15,16). The molecule has 0 saturated carbocycles. The predicted octanol–water partition coefficient (Wildman–Crippen LogP) is 1.12. The third kappa shape index (κ3) is 2.68. The Morgan fingerprint density at radius 1 is 1.39 bits per heavy atom. The Kier molecular flexibility index (Phi) is 4.59. The number of carbonyl (C=O) groups is 1. The second-order valence-corrected chi connectivity index (χ2v) is 5.17. The van der Waals surface area contributed by atoms with Crippen LogP contribution in [-0.4, -0.2) is 60.5 Å². The maximum atomic E-state index is 11.8. The molecule has 0 spiro atoms. The van der Waals surface area contributed by atoms with Gasteiger partial charge in [0.2, 0.25) is 0 Å². The van der Waals surface area contributed by atoms with E-state index in [1.807, 2.05) is 0 Å². The van der Waals surface area contributed by atoms with Crippen molar-refractivity contribution in [2.45, 2.75) is 44.2 Å². The van der Waals surface area contributed by atoms with Gasteiger partial charge >= 0.3 is 5.97 Å². The average Bonchev–Trinajstić information content (AvgIpc) is 2.40. The van der Waals surface area contributed by atoms with E-state index in [-0.39, 0.29) is 6.10 Å². The van der Waals surface area contributed by atoms with Crippen LogP contribution in [0.4, 0.5) is 0 Å². The summed E-state index contributed by atoms with van der Waals surface area (Å²) in [5, 5.41) is 9.69. The summed E-state index contributed by atoms with van der Waals surface area (Å²) >= 11 is 0. The van der Waals surface area contributed by atoms with E-state index in [1.165, 1.54) is 0 Å². The highest BCUT2D eigenvalue weighted by atomic mass is 16.5. The molecule has 0 amide bonds. The largest absolute Gasteiger partial charge is 0.480 e. The van der Waals surface area contributed by atoms with Crippen molar-refractivity contribution < 1.29 is 19.4 Å². The second-order valence-electron chi connectivity index (χ2n) is 5.17. The summed E-state index contributed by atoms with van der Waals surface area (Å²) < 4.78 is 11.0. The first kappa shape index (κ1) is 13.8. The SMILES string of the molecule is CCCC1CC(C(=O)O)(N2CCOCC2)CCO1. The molecule has 0 radical (unpaired) electrons. The van der Waals surface area contributed by atoms with Crippen LogP contribution >= 0.6 is 0 Å². The molecule has 2 rings (SSSR count). The van der Waals surface area contributed by atoms with Crippen LogP contribution in [0.3, 0.4) is 0 Å². The first-order valence-corrected chi connectivity index (χ1v) is 6.87. The van der Waals surface area contributed by atoms with Gasteiger partial charge in [-0.3, -0.25) is 9.69 Å². The van der Waals surface area contributed by atoms with E-state index in [9.17, 15) is 9.90 Å². The second kappa shape index (κ2) is 5.99. The predicted molar refractivity (Wildman–Crippen MR) is 66.6 cm³/mol. The Morgan fingerprint density at radius 3 is 2.72 bits per heavy atom. The molecular formula is C13H23NO4. The maximum absolute atomic E-state index is 11.8. The van der Waals surface area contributed by atoms with E-state index in [2.05, 4.69) is 11.8 Å². The zero-order valence-corrected chi connectivity index (χ0v) is 11.1. The summed E-state index contributed by atoms with van der Waals surface area (Å²) in [7, 11) is 0. The van der Waals surface area contributed by atoms with Crippen molar-refractivity contribution in [3.05, 3.63) is 0 Å². The van der Waals surface area contributed by atoms with Crippen molar-refractivity contribution in [3.8, 4) is 0 Å². The fraction of sp³-hybridized carbons (Fsp3) is 0.923. The van der Waals surface area contributed by atoms with Crippen LogP contribution in [0.2, 0.25) is 0 Å². The molecule has 2 unspecified atom stereocenters. The molecule has 2 saturated heterocycles. The molecule has 0 bridgehead atoms. The summed E-state index contributed by atoms with van der Waals surface area (Å²) in [6, 6.07) is 0. The molecule has 2 fully saturated rings. The number of nitrogens with zero attached hydrogens (tertiary/aromatic N) is 1. The molecule has 0 aromatic rings. The molecule has 2 aliphatic rings. The summed E-state index contributed by atoms with van der Waals surface area (Å²) in [4.78, 5) is 13.9. The van der Waals surface area contributed by atoms with Gasteiger partial charge in [-0.25, -0.2) is 0 Å². The quantitative estimate of drug-likeness (QED) is 0.818. The first-order valence-electron chi connectivity index (χ1n) is 6.87. The van der Waals surface area contributed by atoms with Gasteiger partial charge in [0.25, 0.3) is 0 Å². The van der Waals surface area contributed by atoms with Crippen molar-refractivity contribution in [3.63, 3.8) is 0 Å². The average molecular weight is 257 g/mol. The van der Waals surface area contributed by atoms with Crippen LogP contribution < -0.4 is 0 Å². The van der Waals surface area contributed by atoms with E-state index < -0.39 is 11.5 Å². The first-order chi connectivity index (χ1) is 8.69. The smallest absolute Gasteiger partial charge is 0.324 e. The van der Waals surface area contributed by atoms with Crippen LogP contribution in [0, 0.1) is 0 Å². The molecule has 0 aromatic carbocycles. The normalized spacial score (nSPS) is 34.4. The zero-order valence-electron chi connectivity index (χ0n) is 11.1. The Hall–Kier alpha value is -0.650. The van der Waals surface area contributed by atoms with Gasteiger partial charge < -0.3 is 14.6 Å². The van der Waals surface area contributed by atoms with Crippen molar-refractivity contribution in [2.24, 2.45) is 0 Å². The Labute approximate surface area is 108 Å². The van der Waals surface area contributed by atoms with Crippen LogP contribution in [0.5, 0.6) is 0 Å². The van der Waals surface area contributed by atoms with E-state index in [1.54, 1.807) is 0 Å². The van der Waals surface area contributed by atoms with Crippen molar-refractivity contribution in [2.75, 3.05) is 32.9 Å². The molecule has 1 N–H and O–H groups in total. The molecule has 5 nitrogen and oxygen atoms in total. The van der Waals surface area contributed by atoms with Crippen molar-refractivity contribution in [1.82, 2.24) is 4.90 Å². The molecule has 104 valence electrons. The van der Waals surface area contributed by atoms with Gasteiger partial charge in [-0.05, 0) is 12.8 Å². The lowest BCUT2D eigenvalue weighted by Gasteiger charge is -2.46. The Morgan fingerprint density at radius 2 is 2.11 bits per heavy atom. The molecule has 2 atom stereocenters. The number of rotatable bonds is 4. The van der Waals surface area contributed by atoms with Crippen LogP contribution in [0.15, 0.2) is 0 Å². The van der Waals surface area contributed by atoms with E-state index in [0.717, 1.165) is 12.8 Å². The van der Waals surface area contributed by atoms with Gasteiger partial charge in [-0.15, -0.1) is 0 Å². The van der Waals surface area contributed by atoms with Gasteiger partial charge in [0.05, 0.1) is 19.3 Å². The van der Waals surface area contributed by atoms with Gasteiger partial charge in [-0.1, -0.05) is 13.3 Å². The zero-order chi connectivity index (χ0) is 13.0. The van der Waals surface area contributed by atoms with Crippen LogP contribution in [-0.2, 0) is 14.3 Å². The number of ether oxygens (including phenoxy) is 2. The minimum atomic E-state index is -0.734. The fourth-order valence-electron chi connectivity index (χ4n) is 3.05. The lowest BCUT2D eigenvalue weighted by atomic mass is 9.83. The monoisotopic (exact) mass is 257 g/mol. The van der Waals surface area contributed by atoms with Gasteiger partial charge in [0.15, 0.2) is 0 Å². The minimum Gasteiger partial charge on any atom is -0.480 e. The lowest BCUT2D eigenvalue weighted by Crippen LogP contribution is -2.61. The topological polar surface area (TPSA) is 59.0 Å². The summed E-state index contributed by atoms with van der Waals surface area (Å²) in [5.74, 6) is -0.700. The number of hydrogen-bond acceptors (Lipinski definition) is 4. The number of carboxylic acids is 1. The highest BCUT2D eigenvalue weighted by Gasteiger charge is 2.48. The Bertz CT molecular complexity index is 289. The number of aliphatic carboxylic acids is 1. The number of hydrogen-bond donors (Lipinski definition) is 1. The maximum Gasteiger partial charge on any atom is 0.324 e. The summed E-state index contributed by atoms with van der Waals surface area (Å²) in [6.07, 6.45) is 3.25. The number of morpholine rings is 1. The van der Waals surface area contributed by atoms with Gasteiger partial charge in [-0.2, -0.15) is 0 Å². The third-order valence-corrected chi connectivity index (χ3v) is 4.06. The molecule has 0 aromatic heterocycles. The van der Waals surface area contributed by atoms with Crippen molar-refractivity contribution in [1.29, 1.82) is 0 Å².